The van der Waals surface area contributed by atoms with Crippen molar-refractivity contribution >= 4 is 27.3 Å². The fourth-order valence-corrected chi connectivity index (χ4v) is 2.60. The van der Waals surface area contributed by atoms with E-state index in [1.54, 1.807) is 11.3 Å². The quantitative estimate of drug-likeness (QED) is 0.745. The van der Waals surface area contributed by atoms with Gasteiger partial charge >= 0.3 is 0 Å². The largest absolute Gasteiger partial charge is 0.373 e. The number of halogens is 1. The first-order valence-corrected chi connectivity index (χ1v) is 5.20. The van der Waals surface area contributed by atoms with Gasteiger partial charge in [0.25, 0.3) is 0 Å². The highest BCUT2D eigenvalue weighted by Gasteiger charge is 2.19. The second kappa shape index (κ2) is 3.21. The van der Waals surface area contributed by atoms with Crippen LogP contribution in [-0.2, 0) is 4.74 Å². The normalized spacial score (nSPS) is 24.3. The van der Waals surface area contributed by atoms with Gasteiger partial charge in [-0.15, -0.1) is 11.3 Å². The maximum absolute atomic E-state index is 5.50. The molecule has 4 heteroatoms. The molecule has 11 heavy (non-hydrogen) atoms. The molecule has 0 saturated carbocycles. The first-order chi connectivity index (χ1) is 5.36. The highest BCUT2D eigenvalue weighted by molar-refractivity contribution is 9.11. The third-order valence-electron chi connectivity index (χ3n) is 1.74. The van der Waals surface area contributed by atoms with Gasteiger partial charge in [0.05, 0.1) is 11.0 Å². The zero-order valence-corrected chi connectivity index (χ0v) is 8.32. The average molecular weight is 234 g/mol. The summed E-state index contributed by atoms with van der Waals surface area (Å²) in [6, 6.07) is 0. The van der Waals surface area contributed by atoms with Crippen LogP contribution in [0, 0.1) is 0 Å². The SMILES string of the molecule is Brc1ncc(C2CCCO2)s1. The van der Waals surface area contributed by atoms with Gasteiger partial charge in [0.2, 0.25) is 0 Å². The molecule has 1 unspecified atom stereocenters. The lowest BCUT2D eigenvalue weighted by Gasteiger charge is -2.03. The van der Waals surface area contributed by atoms with Gasteiger partial charge in [-0.3, -0.25) is 0 Å². The zero-order valence-electron chi connectivity index (χ0n) is 5.92. The van der Waals surface area contributed by atoms with E-state index in [1.807, 2.05) is 6.20 Å². The Morgan fingerprint density at radius 3 is 3.18 bits per heavy atom. The number of hydrogen-bond acceptors (Lipinski definition) is 3. The molecule has 2 nitrogen and oxygen atoms in total. The van der Waals surface area contributed by atoms with Crippen LogP contribution in [0.15, 0.2) is 10.1 Å². The lowest BCUT2D eigenvalue weighted by atomic mass is 10.2. The Bertz CT molecular complexity index is 244. The molecular weight excluding hydrogens is 226 g/mol. The Kier molecular flexibility index (Phi) is 2.25. The van der Waals surface area contributed by atoms with Crippen molar-refractivity contribution in [1.29, 1.82) is 0 Å². The molecule has 1 aromatic heterocycles. The van der Waals surface area contributed by atoms with E-state index in [1.165, 1.54) is 11.3 Å². The van der Waals surface area contributed by atoms with E-state index in [4.69, 9.17) is 4.74 Å². The van der Waals surface area contributed by atoms with Crippen LogP contribution in [0.2, 0.25) is 0 Å². The minimum atomic E-state index is 0.318. The molecule has 1 aliphatic rings. The molecule has 0 aromatic carbocycles. The molecule has 2 rings (SSSR count). The second-order valence-electron chi connectivity index (χ2n) is 2.52. The molecule has 0 bridgehead atoms. The molecule has 0 amide bonds. The molecule has 1 saturated heterocycles. The van der Waals surface area contributed by atoms with Crippen LogP contribution in [0.3, 0.4) is 0 Å². The van der Waals surface area contributed by atoms with Crippen molar-refractivity contribution in [3.05, 3.63) is 15.0 Å². The fourth-order valence-electron chi connectivity index (χ4n) is 1.22. The van der Waals surface area contributed by atoms with Gasteiger partial charge in [-0.1, -0.05) is 0 Å². The van der Waals surface area contributed by atoms with Crippen LogP contribution in [0.25, 0.3) is 0 Å². The van der Waals surface area contributed by atoms with Gasteiger partial charge < -0.3 is 4.74 Å². The lowest BCUT2D eigenvalue weighted by molar-refractivity contribution is 0.114. The van der Waals surface area contributed by atoms with Gasteiger partial charge in [0.1, 0.15) is 0 Å². The molecule has 0 N–H and O–H groups in total. The van der Waals surface area contributed by atoms with Crippen LogP contribution >= 0.6 is 27.3 Å². The summed E-state index contributed by atoms with van der Waals surface area (Å²) in [6.45, 7) is 0.903. The maximum atomic E-state index is 5.50. The summed E-state index contributed by atoms with van der Waals surface area (Å²) >= 11 is 5.00. The van der Waals surface area contributed by atoms with Gasteiger partial charge in [-0.2, -0.15) is 0 Å². The average Bonchev–Trinajstić information content (AvgIpc) is 2.55. The monoisotopic (exact) mass is 233 g/mol. The van der Waals surface area contributed by atoms with Gasteiger partial charge in [0.15, 0.2) is 3.92 Å². The van der Waals surface area contributed by atoms with Crippen LogP contribution in [0.1, 0.15) is 23.8 Å². The number of aromatic nitrogens is 1. The van der Waals surface area contributed by atoms with E-state index in [0.717, 1.165) is 16.9 Å². The van der Waals surface area contributed by atoms with E-state index >= 15 is 0 Å². The Labute approximate surface area is 77.7 Å². The van der Waals surface area contributed by atoms with Crippen LogP contribution in [0.4, 0.5) is 0 Å². The van der Waals surface area contributed by atoms with Crippen LogP contribution in [-0.4, -0.2) is 11.6 Å². The topological polar surface area (TPSA) is 22.1 Å². The van der Waals surface area contributed by atoms with Crippen molar-refractivity contribution in [2.45, 2.75) is 18.9 Å². The number of hydrogen-bond donors (Lipinski definition) is 0. The molecule has 0 radical (unpaired) electrons. The van der Waals surface area contributed by atoms with E-state index < -0.39 is 0 Å². The molecule has 0 aliphatic carbocycles. The number of thiazole rings is 1. The van der Waals surface area contributed by atoms with Crippen molar-refractivity contribution < 1.29 is 4.74 Å². The van der Waals surface area contributed by atoms with Crippen LogP contribution in [0.5, 0.6) is 0 Å². The maximum Gasteiger partial charge on any atom is 0.159 e. The molecule has 1 aromatic rings. The Hall–Kier alpha value is 0.0700. The minimum absolute atomic E-state index is 0.318. The zero-order chi connectivity index (χ0) is 7.68. The Balaban J connectivity index is 2.15. The first kappa shape index (κ1) is 7.71. The standard InChI is InChI=1S/C7H8BrNOS/c8-7-9-4-6(11-7)5-2-1-3-10-5/h4-5H,1-3H2. The molecular formula is C7H8BrNOS. The van der Waals surface area contributed by atoms with E-state index in [9.17, 15) is 0 Å². The highest BCUT2D eigenvalue weighted by atomic mass is 79.9. The molecule has 1 fully saturated rings. The van der Waals surface area contributed by atoms with Gasteiger partial charge in [-0.25, -0.2) is 4.98 Å². The van der Waals surface area contributed by atoms with Gasteiger partial charge in [-0.05, 0) is 28.8 Å². The van der Waals surface area contributed by atoms with Gasteiger partial charge in [0, 0.05) is 12.8 Å². The van der Waals surface area contributed by atoms with Crippen molar-refractivity contribution in [3.8, 4) is 0 Å². The summed E-state index contributed by atoms with van der Waals surface area (Å²) in [5, 5.41) is 0. The van der Waals surface area contributed by atoms with E-state index in [-0.39, 0.29) is 0 Å². The van der Waals surface area contributed by atoms with E-state index in [0.29, 0.717) is 6.10 Å². The third kappa shape index (κ3) is 1.63. The minimum Gasteiger partial charge on any atom is -0.373 e. The summed E-state index contributed by atoms with van der Waals surface area (Å²) < 4.78 is 6.45. The Morgan fingerprint density at radius 1 is 1.73 bits per heavy atom. The summed E-state index contributed by atoms with van der Waals surface area (Å²) in [5.41, 5.74) is 0. The van der Waals surface area contributed by atoms with Crippen molar-refractivity contribution in [1.82, 2.24) is 4.98 Å². The number of ether oxygens (including phenoxy) is 1. The summed E-state index contributed by atoms with van der Waals surface area (Å²) in [4.78, 5) is 5.36. The van der Waals surface area contributed by atoms with Crippen molar-refractivity contribution in [2.24, 2.45) is 0 Å². The molecule has 2 heterocycles. The summed E-state index contributed by atoms with van der Waals surface area (Å²) in [7, 11) is 0. The lowest BCUT2D eigenvalue weighted by Crippen LogP contribution is -1.90. The number of rotatable bonds is 1. The van der Waals surface area contributed by atoms with Crippen molar-refractivity contribution in [2.75, 3.05) is 6.61 Å². The third-order valence-corrected chi connectivity index (χ3v) is 3.31. The summed E-state index contributed by atoms with van der Waals surface area (Å²) in [5.74, 6) is 0. The predicted molar refractivity (Wildman–Crippen MR) is 47.7 cm³/mol. The molecule has 1 atom stereocenters. The fraction of sp³-hybridized carbons (Fsp3) is 0.571. The summed E-state index contributed by atoms with van der Waals surface area (Å²) in [6.07, 6.45) is 4.54. The van der Waals surface area contributed by atoms with E-state index in [2.05, 4.69) is 20.9 Å². The molecule has 60 valence electrons. The molecule has 0 spiro atoms. The highest BCUT2D eigenvalue weighted by Crippen LogP contribution is 2.33. The first-order valence-electron chi connectivity index (χ1n) is 3.59. The number of nitrogens with zero attached hydrogens (tertiary/aromatic N) is 1. The predicted octanol–water partition coefficient (Wildman–Crippen LogP) is 2.76. The van der Waals surface area contributed by atoms with Crippen molar-refractivity contribution in [3.63, 3.8) is 0 Å². The van der Waals surface area contributed by atoms with Crippen LogP contribution < -0.4 is 0 Å². The molecule has 1 aliphatic heterocycles. The smallest absolute Gasteiger partial charge is 0.159 e. The Morgan fingerprint density at radius 2 is 2.64 bits per heavy atom. The second-order valence-corrected chi connectivity index (χ2v) is 4.86.